The predicted molar refractivity (Wildman–Crippen MR) is 108 cm³/mol. The Morgan fingerprint density at radius 3 is 2.33 bits per heavy atom. The smallest absolute Gasteiger partial charge is 0.137 e. The molecular formula is C22H34N2O3. The third kappa shape index (κ3) is 5.89. The molecule has 0 amide bonds. The van der Waals surface area contributed by atoms with Gasteiger partial charge in [0.25, 0.3) is 0 Å². The molecule has 2 heterocycles. The number of unbranched alkanes of at least 4 members (excludes halogenated alkanes) is 2. The Morgan fingerprint density at radius 1 is 1.04 bits per heavy atom. The summed E-state index contributed by atoms with van der Waals surface area (Å²) in [4.78, 5) is 4.83. The van der Waals surface area contributed by atoms with Gasteiger partial charge in [0.05, 0.1) is 12.7 Å². The lowest BCUT2D eigenvalue weighted by Crippen LogP contribution is -2.32. The maximum Gasteiger partial charge on any atom is 0.137 e. The first kappa shape index (κ1) is 21.6. The summed E-state index contributed by atoms with van der Waals surface area (Å²) in [5, 5.41) is 19.6. The van der Waals surface area contributed by atoms with Gasteiger partial charge in [0.1, 0.15) is 5.82 Å². The Kier molecular flexibility index (Phi) is 8.48. The summed E-state index contributed by atoms with van der Waals surface area (Å²) in [7, 11) is 0. The van der Waals surface area contributed by atoms with Crippen LogP contribution in [0.25, 0.3) is 5.82 Å². The lowest BCUT2D eigenvalue weighted by Gasteiger charge is -2.24. The molecule has 0 saturated heterocycles. The van der Waals surface area contributed by atoms with Crippen molar-refractivity contribution in [1.29, 1.82) is 0 Å². The fourth-order valence-corrected chi connectivity index (χ4v) is 3.48. The van der Waals surface area contributed by atoms with E-state index in [2.05, 4.69) is 50.5 Å². The summed E-state index contributed by atoms with van der Waals surface area (Å²) in [6, 6.07) is 8.29. The first-order valence-electron chi connectivity index (χ1n) is 9.96. The van der Waals surface area contributed by atoms with E-state index in [1.54, 1.807) is 0 Å². The van der Waals surface area contributed by atoms with E-state index < -0.39 is 0 Å². The van der Waals surface area contributed by atoms with Crippen LogP contribution >= 0.6 is 0 Å². The van der Waals surface area contributed by atoms with E-state index in [0.29, 0.717) is 13.0 Å². The van der Waals surface area contributed by atoms with Gasteiger partial charge in [0.2, 0.25) is 0 Å². The number of aliphatic hydroxyl groups is 2. The van der Waals surface area contributed by atoms with Gasteiger partial charge < -0.3 is 19.5 Å². The van der Waals surface area contributed by atoms with Gasteiger partial charge in [-0.05, 0) is 63.4 Å². The highest BCUT2D eigenvalue weighted by Gasteiger charge is 2.22. The average Bonchev–Trinajstić information content (AvgIpc) is 2.98. The summed E-state index contributed by atoms with van der Waals surface area (Å²) >= 11 is 0. The molecule has 150 valence electrons. The SMILES string of the molecule is CCCCCO[C@@H](CO)[C@@H](CO)Cc1cc(C)cc(-n2c(C)ccc2C)n1. The van der Waals surface area contributed by atoms with E-state index in [4.69, 9.17) is 9.72 Å². The number of aromatic nitrogens is 2. The molecule has 2 rings (SSSR count). The molecule has 0 aliphatic heterocycles. The Hall–Kier alpha value is -1.69. The molecule has 0 radical (unpaired) electrons. The maximum absolute atomic E-state index is 9.88. The lowest BCUT2D eigenvalue weighted by atomic mass is 9.97. The topological polar surface area (TPSA) is 67.5 Å². The molecular weight excluding hydrogens is 340 g/mol. The molecule has 5 heteroatoms. The second-order valence-electron chi connectivity index (χ2n) is 7.39. The fourth-order valence-electron chi connectivity index (χ4n) is 3.48. The second-order valence-corrected chi connectivity index (χ2v) is 7.39. The zero-order valence-electron chi connectivity index (χ0n) is 17.1. The van der Waals surface area contributed by atoms with Gasteiger partial charge in [-0.15, -0.1) is 0 Å². The predicted octanol–water partition coefficient (Wildman–Crippen LogP) is 3.52. The molecule has 27 heavy (non-hydrogen) atoms. The molecule has 0 unspecified atom stereocenters. The third-order valence-electron chi connectivity index (χ3n) is 5.00. The number of hydrogen-bond acceptors (Lipinski definition) is 4. The lowest BCUT2D eigenvalue weighted by molar-refractivity contribution is -0.0386. The molecule has 2 aromatic heterocycles. The van der Waals surface area contributed by atoms with Crippen molar-refractivity contribution in [2.24, 2.45) is 5.92 Å². The molecule has 5 nitrogen and oxygen atoms in total. The number of rotatable bonds is 11. The molecule has 0 spiro atoms. The minimum absolute atomic E-state index is 0.0362. The van der Waals surface area contributed by atoms with Crippen LogP contribution in [0.3, 0.4) is 0 Å². The van der Waals surface area contributed by atoms with Gasteiger partial charge in [-0.1, -0.05) is 19.8 Å². The van der Waals surface area contributed by atoms with Crippen LogP contribution < -0.4 is 0 Å². The molecule has 0 bridgehead atoms. The fraction of sp³-hybridized carbons (Fsp3) is 0.591. The molecule has 2 atom stereocenters. The molecule has 0 fully saturated rings. The highest BCUT2D eigenvalue weighted by atomic mass is 16.5. The number of hydrogen-bond donors (Lipinski definition) is 2. The zero-order valence-corrected chi connectivity index (χ0v) is 17.1. The van der Waals surface area contributed by atoms with Crippen LogP contribution in [0.15, 0.2) is 24.3 Å². The van der Waals surface area contributed by atoms with Crippen LogP contribution in [-0.2, 0) is 11.2 Å². The highest BCUT2D eigenvalue weighted by molar-refractivity contribution is 5.35. The molecule has 2 N–H and O–H groups in total. The van der Waals surface area contributed by atoms with Crippen LogP contribution in [0, 0.1) is 26.7 Å². The van der Waals surface area contributed by atoms with Crippen molar-refractivity contribution in [3.05, 3.63) is 46.9 Å². The van der Waals surface area contributed by atoms with Crippen molar-refractivity contribution in [2.45, 2.75) is 59.5 Å². The molecule has 0 aromatic carbocycles. The minimum Gasteiger partial charge on any atom is -0.396 e. The van der Waals surface area contributed by atoms with Gasteiger partial charge in [0, 0.05) is 36.2 Å². The summed E-state index contributed by atoms with van der Waals surface area (Å²) in [6.07, 6.45) is 3.42. The van der Waals surface area contributed by atoms with Gasteiger partial charge in [-0.25, -0.2) is 4.98 Å². The zero-order chi connectivity index (χ0) is 19.8. The van der Waals surface area contributed by atoms with Crippen molar-refractivity contribution in [3.63, 3.8) is 0 Å². The summed E-state index contributed by atoms with van der Waals surface area (Å²) in [5.74, 6) is 0.719. The van der Waals surface area contributed by atoms with E-state index in [-0.39, 0.29) is 25.2 Å². The van der Waals surface area contributed by atoms with Crippen molar-refractivity contribution in [2.75, 3.05) is 19.8 Å². The van der Waals surface area contributed by atoms with Crippen LogP contribution in [0.1, 0.15) is 48.8 Å². The summed E-state index contributed by atoms with van der Waals surface area (Å²) in [6.45, 7) is 8.83. The Labute approximate surface area is 163 Å². The standard InChI is InChI=1S/C22H34N2O3/c1-5-6-7-10-27-21(15-26)19(14-25)13-20-11-16(2)12-22(23-20)24-17(3)8-9-18(24)4/h8-9,11-12,19,21,25-26H,5-7,10,13-15H2,1-4H3/t19-,21+/m1/s1. The molecule has 0 saturated carbocycles. The molecule has 0 aliphatic rings. The number of ether oxygens (including phenoxy) is 1. The number of pyridine rings is 1. The van der Waals surface area contributed by atoms with E-state index in [9.17, 15) is 10.2 Å². The number of aryl methyl sites for hydroxylation is 3. The largest absolute Gasteiger partial charge is 0.396 e. The second kappa shape index (κ2) is 10.6. The monoisotopic (exact) mass is 374 g/mol. The number of aliphatic hydroxyl groups excluding tert-OH is 2. The van der Waals surface area contributed by atoms with Crippen molar-refractivity contribution < 1.29 is 14.9 Å². The van der Waals surface area contributed by atoms with Crippen LogP contribution in [0.4, 0.5) is 0 Å². The Bertz CT molecular complexity index is 692. The highest BCUT2D eigenvalue weighted by Crippen LogP contribution is 2.20. The first-order valence-corrected chi connectivity index (χ1v) is 9.96. The van der Waals surface area contributed by atoms with Gasteiger partial charge in [-0.3, -0.25) is 0 Å². The first-order chi connectivity index (χ1) is 13.0. The molecule has 2 aromatic rings. The molecule has 0 aliphatic carbocycles. The van der Waals surface area contributed by atoms with Gasteiger partial charge >= 0.3 is 0 Å². The summed E-state index contributed by atoms with van der Waals surface area (Å²) < 4.78 is 7.98. The van der Waals surface area contributed by atoms with Crippen LogP contribution in [0.2, 0.25) is 0 Å². The van der Waals surface area contributed by atoms with E-state index >= 15 is 0 Å². The quantitative estimate of drug-likeness (QED) is 0.591. The summed E-state index contributed by atoms with van der Waals surface area (Å²) in [5.41, 5.74) is 4.32. The van der Waals surface area contributed by atoms with Crippen molar-refractivity contribution in [3.8, 4) is 5.82 Å². The average molecular weight is 375 g/mol. The van der Waals surface area contributed by atoms with Gasteiger partial charge in [-0.2, -0.15) is 0 Å². The van der Waals surface area contributed by atoms with E-state index in [0.717, 1.165) is 47.7 Å². The third-order valence-corrected chi connectivity index (χ3v) is 5.00. The Morgan fingerprint density at radius 2 is 1.74 bits per heavy atom. The maximum atomic E-state index is 9.88. The normalized spacial score (nSPS) is 13.7. The minimum atomic E-state index is -0.368. The van der Waals surface area contributed by atoms with Crippen LogP contribution in [-0.4, -0.2) is 45.7 Å². The van der Waals surface area contributed by atoms with Crippen molar-refractivity contribution in [1.82, 2.24) is 9.55 Å². The number of nitrogens with zero attached hydrogens (tertiary/aromatic N) is 2. The van der Waals surface area contributed by atoms with E-state index in [1.807, 2.05) is 6.07 Å². The van der Waals surface area contributed by atoms with E-state index in [1.165, 1.54) is 0 Å². The van der Waals surface area contributed by atoms with Crippen molar-refractivity contribution >= 4 is 0 Å². The van der Waals surface area contributed by atoms with Gasteiger partial charge in [0.15, 0.2) is 0 Å². The Balaban J connectivity index is 2.16. The van der Waals surface area contributed by atoms with Crippen LogP contribution in [0.5, 0.6) is 0 Å².